The molecule has 0 aliphatic carbocycles. The fourth-order valence-electron chi connectivity index (χ4n) is 1.74. The Kier molecular flexibility index (Phi) is 5.99. The van der Waals surface area contributed by atoms with Crippen molar-refractivity contribution in [3.63, 3.8) is 0 Å². The second-order valence-electron chi connectivity index (χ2n) is 4.81. The molecule has 110 valence electrons. The van der Waals surface area contributed by atoms with Crippen LogP contribution in [0.4, 0.5) is 0 Å². The Morgan fingerprint density at radius 1 is 1.47 bits per heavy atom. The van der Waals surface area contributed by atoms with Crippen LogP contribution in [0.3, 0.4) is 0 Å². The van der Waals surface area contributed by atoms with Crippen LogP contribution >= 0.6 is 0 Å². The molecule has 0 unspecified atom stereocenters. The molecular weight excluding hydrogens is 266 g/mol. The summed E-state index contributed by atoms with van der Waals surface area (Å²) in [5.74, 6) is 0.250. The average molecular weight is 289 g/mol. The van der Waals surface area contributed by atoms with Crippen molar-refractivity contribution in [2.75, 3.05) is 26.8 Å². The van der Waals surface area contributed by atoms with Gasteiger partial charge in [0, 0.05) is 38.6 Å². The number of nitrogens with two attached hydrogens (primary N) is 1. The molecule has 0 bridgehead atoms. The Balaban J connectivity index is 2.96. The highest BCUT2D eigenvalue weighted by molar-refractivity contribution is 7.89. The summed E-state index contributed by atoms with van der Waals surface area (Å²) in [5, 5.41) is 0. The Morgan fingerprint density at radius 2 is 2.16 bits per heavy atom. The molecule has 7 heteroatoms. The smallest absolute Gasteiger partial charge is 0.244 e. The van der Waals surface area contributed by atoms with Gasteiger partial charge in [0.15, 0.2) is 0 Å². The van der Waals surface area contributed by atoms with Crippen molar-refractivity contribution >= 4 is 10.0 Å². The van der Waals surface area contributed by atoms with Crippen LogP contribution in [0, 0.1) is 5.92 Å². The number of hydrogen-bond donors (Lipinski definition) is 2. The van der Waals surface area contributed by atoms with Crippen molar-refractivity contribution in [2.24, 2.45) is 11.7 Å². The lowest BCUT2D eigenvalue weighted by Gasteiger charge is -2.23. The number of nitrogens with zero attached hydrogens (tertiary/aromatic N) is 1. The van der Waals surface area contributed by atoms with E-state index < -0.39 is 10.0 Å². The monoisotopic (exact) mass is 289 g/mol. The minimum absolute atomic E-state index is 0.250. The van der Waals surface area contributed by atoms with Gasteiger partial charge in [-0.05, 0) is 12.0 Å². The zero-order chi connectivity index (χ0) is 14.5. The van der Waals surface area contributed by atoms with Crippen LogP contribution in [-0.2, 0) is 21.3 Å². The first kappa shape index (κ1) is 16.2. The molecule has 0 saturated heterocycles. The second-order valence-corrected chi connectivity index (χ2v) is 6.75. The molecule has 1 aromatic rings. The summed E-state index contributed by atoms with van der Waals surface area (Å²) in [6, 6.07) is 1.58. The Bertz CT molecular complexity index is 482. The van der Waals surface area contributed by atoms with Crippen molar-refractivity contribution in [2.45, 2.75) is 25.3 Å². The van der Waals surface area contributed by atoms with E-state index in [-0.39, 0.29) is 17.4 Å². The molecule has 0 aliphatic heterocycles. The summed E-state index contributed by atoms with van der Waals surface area (Å²) in [5.41, 5.74) is 6.19. The van der Waals surface area contributed by atoms with Crippen LogP contribution in [0.15, 0.2) is 17.2 Å². The van der Waals surface area contributed by atoms with E-state index in [1.807, 2.05) is 13.8 Å². The van der Waals surface area contributed by atoms with Crippen LogP contribution in [0.1, 0.15) is 19.5 Å². The van der Waals surface area contributed by atoms with Crippen LogP contribution in [0.25, 0.3) is 0 Å². The molecule has 6 nitrogen and oxygen atoms in total. The van der Waals surface area contributed by atoms with E-state index >= 15 is 0 Å². The summed E-state index contributed by atoms with van der Waals surface area (Å²) in [7, 11) is -1.93. The average Bonchev–Trinajstić information content (AvgIpc) is 2.83. The molecule has 0 amide bonds. The predicted molar refractivity (Wildman–Crippen MR) is 74.2 cm³/mol. The van der Waals surface area contributed by atoms with E-state index in [2.05, 4.69) is 4.98 Å². The summed E-state index contributed by atoms with van der Waals surface area (Å²) in [6.07, 6.45) is 1.48. The summed E-state index contributed by atoms with van der Waals surface area (Å²) >= 11 is 0. The van der Waals surface area contributed by atoms with Crippen LogP contribution in [0.2, 0.25) is 0 Å². The molecule has 0 fully saturated rings. The Labute approximate surface area is 115 Å². The first-order valence-electron chi connectivity index (χ1n) is 6.28. The molecule has 0 aromatic carbocycles. The molecule has 0 saturated carbocycles. The van der Waals surface area contributed by atoms with E-state index in [1.165, 1.54) is 10.5 Å². The molecule has 1 rings (SSSR count). The van der Waals surface area contributed by atoms with Crippen molar-refractivity contribution in [1.29, 1.82) is 0 Å². The molecule has 1 aromatic heterocycles. The lowest BCUT2D eigenvalue weighted by Crippen LogP contribution is -2.36. The van der Waals surface area contributed by atoms with Gasteiger partial charge in [0.1, 0.15) is 0 Å². The van der Waals surface area contributed by atoms with E-state index in [4.69, 9.17) is 10.5 Å². The molecule has 0 spiro atoms. The number of hydrogen-bond acceptors (Lipinski definition) is 4. The third-order valence-corrected chi connectivity index (χ3v) is 4.53. The van der Waals surface area contributed by atoms with Gasteiger partial charge in [0.2, 0.25) is 10.0 Å². The second kappa shape index (κ2) is 7.04. The highest BCUT2D eigenvalue weighted by Crippen LogP contribution is 2.18. The first-order valence-corrected chi connectivity index (χ1v) is 7.72. The van der Waals surface area contributed by atoms with E-state index in [0.29, 0.717) is 25.4 Å². The molecular formula is C12H23N3O3S. The maximum atomic E-state index is 12.5. The van der Waals surface area contributed by atoms with Gasteiger partial charge in [-0.15, -0.1) is 0 Å². The number of aromatic nitrogens is 1. The van der Waals surface area contributed by atoms with Gasteiger partial charge in [-0.3, -0.25) is 0 Å². The lowest BCUT2D eigenvalue weighted by molar-refractivity contribution is 0.175. The lowest BCUT2D eigenvalue weighted by atomic mass is 10.2. The number of nitrogens with one attached hydrogen (secondary N) is 1. The number of aromatic amines is 1. The first-order chi connectivity index (χ1) is 8.91. The van der Waals surface area contributed by atoms with Gasteiger partial charge in [0.05, 0.1) is 11.5 Å². The van der Waals surface area contributed by atoms with Gasteiger partial charge in [0.25, 0.3) is 0 Å². The summed E-state index contributed by atoms with van der Waals surface area (Å²) < 4.78 is 31.5. The van der Waals surface area contributed by atoms with Gasteiger partial charge in [-0.1, -0.05) is 13.8 Å². The van der Waals surface area contributed by atoms with E-state index in [0.717, 1.165) is 0 Å². The fraction of sp³-hybridized carbons (Fsp3) is 0.667. The van der Waals surface area contributed by atoms with E-state index in [9.17, 15) is 8.42 Å². The molecule has 3 N–H and O–H groups in total. The van der Waals surface area contributed by atoms with Gasteiger partial charge < -0.3 is 15.5 Å². The summed E-state index contributed by atoms with van der Waals surface area (Å²) in [4.78, 5) is 3.12. The van der Waals surface area contributed by atoms with Gasteiger partial charge in [-0.2, -0.15) is 4.31 Å². The van der Waals surface area contributed by atoms with E-state index in [1.54, 1.807) is 13.2 Å². The fourth-order valence-corrected chi connectivity index (χ4v) is 3.35. The van der Waals surface area contributed by atoms with Crippen molar-refractivity contribution in [3.05, 3.63) is 18.0 Å². The number of methoxy groups -OCH3 is 1. The molecule has 19 heavy (non-hydrogen) atoms. The third-order valence-electron chi connectivity index (χ3n) is 2.69. The predicted octanol–water partition coefficient (Wildman–Crippen LogP) is 0.767. The number of sulfonamides is 1. The largest absolute Gasteiger partial charge is 0.383 e. The molecule has 0 aliphatic rings. The number of ether oxygens (including phenoxy) is 1. The molecule has 1 heterocycles. The van der Waals surface area contributed by atoms with Crippen LogP contribution < -0.4 is 5.73 Å². The quantitative estimate of drug-likeness (QED) is 0.739. The molecule has 0 atom stereocenters. The van der Waals surface area contributed by atoms with Crippen molar-refractivity contribution in [1.82, 2.24) is 9.29 Å². The zero-order valence-electron chi connectivity index (χ0n) is 11.7. The third kappa shape index (κ3) is 4.31. The van der Waals surface area contributed by atoms with Crippen LogP contribution in [0.5, 0.6) is 0 Å². The van der Waals surface area contributed by atoms with Crippen LogP contribution in [-0.4, -0.2) is 44.5 Å². The maximum Gasteiger partial charge on any atom is 0.244 e. The SMILES string of the molecule is COCCN(CC(C)C)S(=O)(=O)c1c[nH]c(CN)c1. The van der Waals surface area contributed by atoms with Gasteiger partial charge in [-0.25, -0.2) is 8.42 Å². The number of H-pyrrole nitrogens is 1. The minimum Gasteiger partial charge on any atom is -0.383 e. The Hall–Kier alpha value is -0.890. The summed E-state index contributed by atoms with van der Waals surface area (Å²) in [6.45, 7) is 5.45. The van der Waals surface area contributed by atoms with Gasteiger partial charge >= 0.3 is 0 Å². The normalized spacial score (nSPS) is 12.5. The molecule has 0 radical (unpaired) electrons. The highest BCUT2D eigenvalue weighted by Gasteiger charge is 2.25. The maximum absolute atomic E-state index is 12.5. The van der Waals surface area contributed by atoms with Crippen molar-refractivity contribution < 1.29 is 13.2 Å². The standard InChI is InChI=1S/C12H23N3O3S/c1-10(2)9-15(4-5-18-3)19(16,17)12-6-11(7-13)14-8-12/h6,8,10,14H,4-5,7,9,13H2,1-3H3. The Morgan fingerprint density at radius 3 is 2.63 bits per heavy atom. The topological polar surface area (TPSA) is 88.4 Å². The van der Waals surface area contributed by atoms with Crippen molar-refractivity contribution in [3.8, 4) is 0 Å². The zero-order valence-corrected chi connectivity index (χ0v) is 12.5. The number of rotatable bonds is 8. The minimum atomic E-state index is -3.49. The highest BCUT2D eigenvalue weighted by atomic mass is 32.2.